The van der Waals surface area contributed by atoms with Gasteiger partial charge in [0.25, 0.3) is 0 Å². The van der Waals surface area contributed by atoms with Crippen LogP contribution in [0.15, 0.2) is 45.9 Å². The summed E-state index contributed by atoms with van der Waals surface area (Å²) < 4.78 is 41.8. The fraction of sp³-hybridized carbons (Fsp3) is 0.0833. The number of furan rings is 1. The van der Waals surface area contributed by atoms with Crippen LogP contribution in [0.3, 0.4) is 0 Å². The molecule has 0 radical (unpaired) electrons. The topological polar surface area (TPSA) is 80.7 Å². The molecule has 0 aliphatic heterocycles. The van der Waals surface area contributed by atoms with Crippen molar-refractivity contribution in [1.29, 1.82) is 0 Å². The fourth-order valence-corrected chi connectivity index (χ4v) is 1.41. The van der Waals surface area contributed by atoms with Gasteiger partial charge in [0.15, 0.2) is 5.76 Å². The molecule has 0 aliphatic carbocycles. The first-order chi connectivity index (χ1) is 9.86. The van der Waals surface area contributed by atoms with Crippen molar-refractivity contribution >= 4 is 17.8 Å². The van der Waals surface area contributed by atoms with E-state index in [-0.39, 0.29) is 5.76 Å². The van der Waals surface area contributed by atoms with E-state index < -0.39 is 22.5 Å². The van der Waals surface area contributed by atoms with Crippen LogP contribution >= 0.6 is 0 Å². The highest BCUT2D eigenvalue weighted by Crippen LogP contribution is 2.29. The van der Waals surface area contributed by atoms with Gasteiger partial charge in [-0.05, 0) is 30.3 Å². The van der Waals surface area contributed by atoms with Crippen LogP contribution in [0.2, 0.25) is 0 Å². The number of anilines is 1. The second-order valence-electron chi connectivity index (χ2n) is 3.88. The molecule has 0 aliphatic rings. The standard InChI is InChI=1S/C12H8F3N3O3/c13-12(14,15)8-1-3-9(4-2-8)17-16-7-10-5-6-11(21-10)18(19)20/h1-7,17H. The van der Waals surface area contributed by atoms with Crippen molar-refractivity contribution < 1.29 is 22.5 Å². The highest BCUT2D eigenvalue weighted by atomic mass is 19.4. The lowest BCUT2D eigenvalue weighted by molar-refractivity contribution is -0.402. The minimum Gasteiger partial charge on any atom is -0.400 e. The Morgan fingerprint density at radius 1 is 1.19 bits per heavy atom. The van der Waals surface area contributed by atoms with Crippen molar-refractivity contribution in [2.45, 2.75) is 6.18 Å². The summed E-state index contributed by atoms with van der Waals surface area (Å²) in [5.74, 6) is -0.285. The van der Waals surface area contributed by atoms with Crippen molar-refractivity contribution in [1.82, 2.24) is 0 Å². The molecule has 1 heterocycles. The lowest BCUT2D eigenvalue weighted by Crippen LogP contribution is -2.04. The van der Waals surface area contributed by atoms with Crippen LogP contribution in [-0.4, -0.2) is 11.1 Å². The molecule has 0 atom stereocenters. The molecule has 6 nitrogen and oxygen atoms in total. The second-order valence-corrected chi connectivity index (χ2v) is 3.88. The Labute approximate surface area is 116 Å². The maximum absolute atomic E-state index is 12.3. The highest BCUT2D eigenvalue weighted by Gasteiger charge is 2.29. The van der Waals surface area contributed by atoms with Crippen molar-refractivity contribution in [3.8, 4) is 0 Å². The summed E-state index contributed by atoms with van der Waals surface area (Å²) in [6, 6.07) is 6.76. The largest absolute Gasteiger partial charge is 0.433 e. The van der Waals surface area contributed by atoms with E-state index in [2.05, 4.69) is 10.5 Å². The molecule has 1 aromatic carbocycles. The summed E-state index contributed by atoms with van der Waals surface area (Å²) in [5, 5.41) is 14.1. The summed E-state index contributed by atoms with van der Waals surface area (Å²) in [4.78, 5) is 9.69. The Morgan fingerprint density at radius 2 is 1.86 bits per heavy atom. The van der Waals surface area contributed by atoms with Gasteiger partial charge in [0.05, 0.1) is 23.5 Å². The molecule has 0 bridgehead atoms. The van der Waals surface area contributed by atoms with Gasteiger partial charge in [-0.2, -0.15) is 18.3 Å². The van der Waals surface area contributed by atoms with Gasteiger partial charge in [-0.3, -0.25) is 15.5 Å². The lowest BCUT2D eigenvalue weighted by Gasteiger charge is -2.06. The number of benzene rings is 1. The van der Waals surface area contributed by atoms with E-state index in [4.69, 9.17) is 4.42 Å². The average Bonchev–Trinajstić information content (AvgIpc) is 2.87. The van der Waals surface area contributed by atoms with Gasteiger partial charge in [-0.25, -0.2) is 0 Å². The first kappa shape index (κ1) is 14.6. The van der Waals surface area contributed by atoms with Gasteiger partial charge < -0.3 is 4.42 Å². The first-order valence-corrected chi connectivity index (χ1v) is 5.57. The number of hydrogen-bond acceptors (Lipinski definition) is 5. The van der Waals surface area contributed by atoms with Crippen molar-refractivity contribution in [2.24, 2.45) is 5.10 Å². The minimum absolute atomic E-state index is 0.140. The average molecular weight is 299 g/mol. The minimum atomic E-state index is -4.39. The first-order valence-electron chi connectivity index (χ1n) is 5.57. The smallest absolute Gasteiger partial charge is 0.400 e. The van der Waals surface area contributed by atoms with Crippen molar-refractivity contribution in [3.63, 3.8) is 0 Å². The fourth-order valence-electron chi connectivity index (χ4n) is 1.41. The predicted octanol–water partition coefficient (Wildman–Crippen LogP) is 3.65. The normalized spacial score (nSPS) is 11.8. The van der Waals surface area contributed by atoms with Crippen LogP contribution < -0.4 is 5.43 Å². The number of alkyl halides is 3. The van der Waals surface area contributed by atoms with Crippen LogP contribution in [0.5, 0.6) is 0 Å². The molecule has 1 N–H and O–H groups in total. The summed E-state index contributed by atoms with van der Waals surface area (Å²) in [6.45, 7) is 0. The van der Waals surface area contributed by atoms with Crippen LogP contribution in [0.25, 0.3) is 0 Å². The van der Waals surface area contributed by atoms with Crippen molar-refractivity contribution in [2.75, 3.05) is 5.43 Å². The molecule has 2 rings (SSSR count). The summed E-state index contributed by atoms with van der Waals surface area (Å²) in [6.07, 6.45) is -3.22. The van der Waals surface area contributed by atoms with E-state index >= 15 is 0 Å². The van der Waals surface area contributed by atoms with Gasteiger partial charge in [-0.1, -0.05) is 0 Å². The third-order valence-electron chi connectivity index (χ3n) is 2.39. The maximum Gasteiger partial charge on any atom is 0.433 e. The molecule has 9 heteroatoms. The molecule has 2 aromatic rings. The van der Waals surface area contributed by atoms with E-state index in [9.17, 15) is 23.3 Å². The molecule has 0 unspecified atom stereocenters. The second kappa shape index (κ2) is 5.65. The molecule has 0 amide bonds. The monoisotopic (exact) mass is 299 g/mol. The van der Waals surface area contributed by atoms with Crippen LogP contribution in [0, 0.1) is 10.1 Å². The maximum atomic E-state index is 12.3. The van der Waals surface area contributed by atoms with Gasteiger partial charge in [0, 0.05) is 0 Å². The summed E-state index contributed by atoms with van der Waals surface area (Å²) in [5.41, 5.74) is 2.05. The zero-order valence-electron chi connectivity index (χ0n) is 10.3. The molecule has 0 saturated carbocycles. The number of halogens is 3. The molecule has 0 fully saturated rings. The third kappa shape index (κ3) is 3.81. The Balaban J connectivity index is 1.99. The number of nitro groups is 1. The van der Waals surface area contributed by atoms with E-state index in [1.807, 2.05) is 0 Å². The Kier molecular flexibility index (Phi) is 3.92. The van der Waals surface area contributed by atoms with Gasteiger partial charge in [0.2, 0.25) is 0 Å². The summed E-state index contributed by atoms with van der Waals surface area (Å²) >= 11 is 0. The highest BCUT2D eigenvalue weighted by molar-refractivity contribution is 5.77. The van der Waals surface area contributed by atoms with E-state index in [1.54, 1.807) is 0 Å². The van der Waals surface area contributed by atoms with Crippen LogP contribution in [0.1, 0.15) is 11.3 Å². The van der Waals surface area contributed by atoms with Gasteiger partial charge in [0.1, 0.15) is 4.92 Å². The molecule has 21 heavy (non-hydrogen) atoms. The van der Waals surface area contributed by atoms with E-state index in [1.165, 1.54) is 30.5 Å². The molecular formula is C12H8F3N3O3. The summed E-state index contributed by atoms with van der Waals surface area (Å²) in [7, 11) is 0. The number of rotatable bonds is 4. The predicted molar refractivity (Wildman–Crippen MR) is 68.0 cm³/mol. The lowest BCUT2D eigenvalue weighted by atomic mass is 10.2. The molecular weight excluding hydrogens is 291 g/mol. The molecule has 110 valence electrons. The Bertz CT molecular complexity index is 662. The van der Waals surface area contributed by atoms with E-state index in [0.29, 0.717) is 5.69 Å². The zero-order chi connectivity index (χ0) is 15.5. The van der Waals surface area contributed by atoms with Crippen LogP contribution in [-0.2, 0) is 6.18 Å². The zero-order valence-corrected chi connectivity index (χ0v) is 10.3. The molecule has 0 spiro atoms. The molecule has 0 saturated heterocycles. The number of nitrogens with zero attached hydrogens (tertiary/aromatic N) is 2. The number of hydrazone groups is 1. The Hall–Kier alpha value is -2.84. The SMILES string of the molecule is O=[N+]([O-])c1ccc(C=NNc2ccc(C(F)(F)F)cc2)o1. The van der Waals surface area contributed by atoms with Crippen molar-refractivity contribution in [3.05, 3.63) is 57.8 Å². The molecule has 1 aromatic heterocycles. The van der Waals surface area contributed by atoms with Gasteiger partial charge in [-0.15, -0.1) is 0 Å². The third-order valence-corrected chi connectivity index (χ3v) is 2.39. The number of hydrogen-bond donors (Lipinski definition) is 1. The van der Waals surface area contributed by atoms with Crippen LogP contribution in [0.4, 0.5) is 24.7 Å². The van der Waals surface area contributed by atoms with Gasteiger partial charge >= 0.3 is 12.1 Å². The number of nitrogens with one attached hydrogen (secondary N) is 1. The quantitative estimate of drug-likeness (QED) is 0.531. The Morgan fingerprint density at radius 3 is 2.38 bits per heavy atom. The van der Waals surface area contributed by atoms with E-state index in [0.717, 1.165) is 12.1 Å².